The monoisotopic (exact) mass is 392 g/mol. The van der Waals surface area contributed by atoms with Gasteiger partial charge in [-0.25, -0.2) is 5.43 Å². The lowest BCUT2D eigenvalue weighted by Crippen LogP contribution is -2.18. The van der Waals surface area contributed by atoms with Crippen LogP contribution in [0.5, 0.6) is 0 Å². The molecule has 0 aliphatic carbocycles. The zero-order valence-electron chi connectivity index (χ0n) is 14.1. The number of benzene rings is 4. The Morgan fingerprint density at radius 1 is 0.852 bits per heavy atom. The fourth-order valence-electron chi connectivity index (χ4n) is 3.08. The molecule has 0 atom stereocenters. The highest BCUT2D eigenvalue weighted by atomic mass is 35.5. The maximum Gasteiger partial charge on any atom is 0.272 e. The van der Waals surface area contributed by atoms with E-state index < -0.39 is 5.91 Å². The molecule has 0 bridgehead atoms. The van der Waals surface area contributed by atoms with Crippen LogP contribution in [0.1, 0.15) is 15.9 Å². The smallest absolute Gasteiger partial charge is 0.267 e. The number of nitrogens with one attached hydrogen (secondary N) is 1. The fraction of sp³-hybridized carbons (Fsp3) is 0. The Hall–Kier alpha value is -2.88. The van der Waals surface area contributed by atoms with E-state index in [0.717, 1.165) is 27.1 Å². The van der Waals surface area contributed by atoms with E-state index in [1.807, 2.05) is 36.4 Å². The average molecular weight is 393 g/mol. The second-order valence-corrected chi connectivity index (χ2v) is 6.90. The van der Waals surface area contributed by atoms with E-state index in [1.54, 1.807) is 18.3 Å². The molecule has 27 heavy (non-hydrogen) atoms. The van der Waals surface area contributed by atoms with Gasteiger partial charge < -0.3 is 0 Å². The first kappa shape index (κ1) is 17.5. The number of fused-ring (bicyclic) bond motifs is 2. The summed E-state index contributed by atoms with van der Waals surface area (Å²) in [5.41, 5.74) is 3.81. The quantitative estimate of drug-likeness (QED) is 0.256. The third-order valence-corrected chi connectivity index (χ3v) is 4.90. The molecule has 1 N–H and O–H groups in total. The average Bonchev–Trinajstić information content (AvgIpc) is 2.67. The lowest BCUT2D eigenvalue weighted by atomic mass is 9.97. The van der Waals surface area contributed by atoms with Crippen LogP contribution >= 0.6 is 23.2 Å². The van der Waals surface area contributed by atoms with Gasteiger partial charge in [0.25, 0.3) is 5.91 Å². The van der Waals surface area contributed by atoms with Crippen LogP contribution in [-0.2, 0) is 0 Å². The number of carbonyl (C=O) groups is 1. The summed E-state index contributed by atoms with van der Waals surface area (Å²) < 4.78 is 0. The number of nitrogens with zero attached hydrogens (tertiary/aromatic N) is 1. The van der Waals surface area contributed by atoms with Gasteiger partial charge in [-0.15, -0.1) is 0 Å². The summed E-state index contributed by atoms with van der Waals surface area (Å²) >= 11 is 12.0. The molecule has 4 aromatic rings. The first-order valence-electron chi connectivity index (χ1n) is 8.32. The van der Waals surface area contributed by atoms with Crippen molar-refractivity contribution in [2.75, 3.05) is 0 Å². The molecule has 0 spiro atoms. The molecule has 132 valence electrons. The van der Waals surface area contributed by atoms with Crippen molar-refractivity contribution in [2.45, 2.75) is 0 Å². The Balaban J connectivity index is 1.70. The maximum atomic E-state index is 12.3. The molecule has 1 amide bonds. The van der Waals surface area contributed by atoms with Crippen LogP contribution in [0, 0.1) is 0 Å². The summed E-state index contributed by atoms with van der Waals surface area (Å²) in [6.45, 7) is 0. The van der Waals surface area contributed by atoms with Crippen LogP contribution < -0.4 is 5.43 Å². The predicted octanol–water partition coefficient (Wildman–Crippen LogP) is 6.06. The van der Waals surface area contributed by atoms with Crippen LogP contribution in [0.2, 0.25) is 10.0 Å². The second-order valence-electron chi connectivity index (χ2n) is 6.06. The van der Waals surface area contributed by atoms with Crippen LogP contribution in [0.25, 0.3) is 21.5 Å². The zero-order chi connectivity index (χ0) is 18.8. The van der Waals surface area contributed by atoms with Gasteiger partial charge in [0.15, 0.2) is 0 Å². The molecule has 0 saturated heterocycles. The molecule has 3 nitrogen and oxygen atoms in total. The normalized spacial score (nSPS) is 11.3. The highest BCUT2D eigenvalue weighted by molar-refractivity contribution is 6.36. The van der Waals surface area contributed by atoms with Crippen molar-refractivity contribution in [3.05, 3.63) is 94.0 Å². The van der Waals surface area contributed by atoms with Crippen molar-refractivity contribution in [1.29, 1.82) is 0 Å². The number of halogens is 2. The van der Waals surface area contributed by atoms with Crippen LogP contribution in [0.3, 0.4) is 0 Å². The molecule has 0 fully saturated rings. The molecule has 0 aliphatic heterocycles. The minimum absolute atomic E-state index is 0.283. The molecule has 0 radical (unpaired) electrons. The van der Waals surface area contributed by atoms with Crippen molar-refractivity contribution in [3.63, 3.8) is 0 Å². The number of amides is 1. The maximum absolute atomic E-state index is 12.3. The van der Waals surface area contributed by atoms with E-state index in [9.17, 15) is 4.79 Å². The van der Waals surface area contributed by atoms with Gasteiger partial charge in [0.05, 0.1) is 16.8 Å². The molecule has 4 aromatic carbocycles. The van der Waals surface area contributed by atoms with E-state index in [0.29, 0.717) is 10.6 Å². The molecular formula is C22H14Cl2N2O. The minimum atomic E-state index is -0.391. The van der Waals surface area contributed by atoms with E-state index in [2.05, 4.69) is 28.7 Å². The third kappa shape index (κ3) is 3.52. The number of carbonyl (C=O) groups excluding carboxylic acids is 1. The SMILES string of the molecule is O=C(N/N=C/c1c2ccccc2cc2ccccc12)c1ccc(Cl)cc1Cl. The van der Waals surface area contributed by atoms with Gasteiger partial charge in [0.2, 0.25) is 0 Å². The van der Waals surface area contributed by atoms with Crippen molar-refractivity contribution in [1.82, 2.24) is 5.43 Å². The fourth-order valence-corrected chi connectivity index (χ4v) is 3.57. The molecule has 0 heterocycles. The Bertz CT molecular complexity index is 1150. The first-order valence-corrected chi connectivity index (χ1v) is 9.08. The molecule has 4 rings (SSSR count). The van der Waals surface area contributed by atoms with Gasteiger partial charge in [-0.05, 0) is 45.8 Å². The number of hydrazone groups is 1. The number of rotatable bonds is 3. The van der Waals surface area contributed by atoms with Crippen molar-refractivity contribution >= 4 is 56.9 Å². The van der Waals surface area contributed by atoms with E-state index in [-0.39, 0.29) is 5.02 Å². The van der Waals surface area contributed by atoms with E-state index in [1.165, 1.54) is 6.07 Å². The highest BCUT2D eigenvalue weighted by Crippen LogP contribution is 2.27. The molecule has 0 aromatic heterocycles. The van der Waals surface area contributed by atoms with E-state index >= 15 is 0 Å². The molecule has 5 heteroatoms. The summed E-state index contributed by atoms with van der Waals surface area (Å²) in [7, 11) is 0. The molecule has 0 unspecified atom stereocenters. The van der Waals surface area contributed by atoms with Crippen molar-refractivity contribution in [2.24, 2.45) is 5.10 Å². The van der Waals surface area contributed by atoms with Crippen molar-refractivity contribution in [3.8, 4) is 0 Å². The van der Waals surface area contributed by atoms with Crippen LogP contribution in [0.4, 0.5) is 0 Å². The van der Waals surface area contributed by atoms with Gasteiger partial charge >= 0.3 is 0 Å². The Labute approximate surface area is 166 Å². The van der Waals surface area contributed by atoms with E-state index in [4.69, 9.17) is 23.2 Å². The standard InChI is InChI=1S/C22H14Cl2N2O/c23-16-9-10-19(21(24)12-16)22(27)26-25-13-20-17-7-3-1-5-14(17)11-15-6-2-4-8-18(15)20/h1-13H,(H,26,27)/b25-13+. The van der Waals surface area contributed by atoms with Gasteiger partial charge in [0, 0.05) is 10.6 Å². The van der Waals surface area contributed by atoms with Gasteiger partial charge in [0.1, 0.15) is 0 Å². The summed E-state index contributed by atoms with van der Waals surface area (Å²) in [6, 6.07) is 23.0. The van der Waals surface area contributed by atoms with Crippen LogP contribution in [0.15, 0.2) is 77.9 Å². The second kappa shape index (κ2) is 7.39. The largest absolute Gasteiger partial charge is 0.272 e. The minimum Gasteiger partial charge on any atom is -0.267 e. The summed E-state index contributed by atoms with van der Waals surface area (Å²) in [5, 5.41) is 9.29. The van der Waals surface area contributed by atoms with Crippen LogP contribution in [-0.4, -0.2) is 12.1 Å². The Morgan fingerprint density at radius 3 is 2.11 bits per heavy atom. The van der Waals surface area contributed by atoms with Gasteiger partial charge in [-0.3, -0.25) is 4.79 Å². The summed E-state index contributed by atoms with van der Waals surface area (Å²) in [5.74, 6) is -0.391. The van der Waals surface area contributed by atoms with Gasteiger partial charge in [-0.1, -0.05) is 71.7 Å². The summed E-state index contributed by atoms with van der Waals surface area (Å²) in [4.78, 5) is 12.3. The Kier molecular flexibility index (Phi) is 4.80. The first-order chi connectivity index (χ1) is 13.1. The number of hydrogen-bond acceptors (Lipinski definition) is 2. The predicted molar refractivity (Wildman–Crippen MR) is 113 cm³/mol. The lowest BCUT2D eigenvalue weighted by Gasteiger charge is -2.08. The lowest BCUT2D eigenvalue weighted by molar-refractivity contribution is 0.0955. The van der Waals surface area contributed by atoms with Gasteiger partial charge in [-0.2, -0.15) is 5.10 Å². The zero-order valence-corrected chi connectivity index (χ0v) is 15.6. The molecule has 0 saturated carbocycles. The molecule has 0 aliphatic rings. The number of hydrogen-bond donors (Lipinski definition) is 1. The topological polar surface area (TPSA) is 41.5 Å². The molecular weight excluding hydrogens is 379 g/mol. The highest BCUT2D eigenvalue weighted by Gasteiger charge is 2.10. The Morgan fingerprint density at radius 2 is 1.48 bits per heavy atom. The summed E-state index contributed by atoms with van der Waals surface area (Å²) in [6.07, 6.45) is 1.67. The third-order valence-electron chi connectivity index (χ3n) is 4.35. The van der Waals surface area contributed by atoms with Crippen molar-refractivity contribution < 1.29 is 4.79 Å².